The molecule has 9 heteroatoms. The summed E-state index contributed by atoms with van der Waals surface area (Å²) < 4.78 is 13.1. The van der Waals surface area contributed by atoms with Crippen LogP contribution in [0.1, 0.15) is 21.2 Å². The first kappa shape index (κ1) is 20.9. The lowest BCUT2D eigenvalue weighted by molar-refractivity contribution is -0.131. The van der Waals surface area contributed by atoms with Gasteiger partial charge in [0.2, 0.25) is 10.9 Å². The van der Waals surface area contributed by atoms with Crippen LogP contribution in [0.3, 0.4) is 0 Å². The molecule has 1 fully saturated rings. The molecule has 0 unspecified atom stereocenters. The Morgan fingerprint density at radius 2 is 1.68 bits per heavy atom. The fourth-order valence-corrected chi connectivity index (χ4v) is 4.12. The number of amides is 2. The zero-order valence-electron chi connectivity index (χ0n) is 16.8. The number of anilines is 2. The summed E-state index contributed by atoms with van der Waals surface area (Å²) in [7, 11) is 0. The van der Waals surface area contributed by atoms with Gasteiger partial charge in [0.15, 0.2) is 0 Å². The number of aryl methyl sites for hydroxylation is 1. The van der Waals surface area contributed by atoms with Crippen molar-refractivity contribution in [2.45, 2.75) is 12.8 Å². The van der Waals surface area contributed by atoms with Gasteiger partial charge < -0.3 is 15.1 Å². The van der Waals surface area contributed by atoms with Gasteiger partial charge >= 0.3 is 0 Å². The second-order valence-corrected chi connectivity index (χ2v) is 8.23. The predicted octanol–water partition coefficient (Wildman–Crippen LogP) is 3.21. The van der Waals surface area contributed by atoms with Gasteiger partial charge in [-0.05, 0) is 36.4 Å². The van der Waals surface area contributed by atoms with Gasteiger partial charge in [-0.1, -0.05) is 29.5 Å². The number of halogens is 1. The molecule has 7 nitrogen and oxygen atoms in total. The normalized spacial score (nSPS) is 13.8. The molecule has 0 saturated carbocycles. The van der Waals surface area contributed by atoms with Crippen LogP contribution in [0.4, 0.5) is 15.8 Å². The quantitative estimate of drug-likeness (QED) is 0.638. The molecule has 160 valence electrons. The largest absolute Gasteiger partial charge is 0.368 e. The molecule has 1 N–H and O–H groups in total. The van der Waals surface area contributed by atoms with Gasteiger partial charge in [0.1, 0.15) is 10.8 Å². The number of hydrogen-bond acceptors (Lipinski definition) is 6. The van der Waals surface area contributed by atoms with E-state index in [4.69, 9.17) is 0 Å². The number of aromatic nitrogens is 2. The van der Waals surface area contributed by atoms with Crippen LogP contribution < -0.4 is 10.2 Å². The van der Waals surface area contributed by atoms with E-state index in [2.05, 4.69) is 20.4 Å². The summed E-state index contributed by atoms with van der Waals surface area (Å²) in [5, 5.41) is 11.7. The lowest BCUT2D eigenvalue weighted by atomic mass is 10.2. The van der Waals surface area contributed by atoms with Gasteiger partial charge in [-0.2, -0.15) is 0 Å². The Balaban J connectivity index is 1.24. The molecule has 0 spiro atoms. The maximum atomic E-state index is 13.1. The minimum atomic E-state index is -0.307. The van der Waals surface area contributed by atoms with Gasteiger partial charge in [0, 0.05) is 50.4 Å². The second kappa shape index (κ2) is 9.65. The van der Waals surface area contributed by atoms with Gasteiger partial charge in [0.05, 0.1) is 0 Å². The number of rotatable bonds is 6. The molecular formula is C22H22FN5O2S. The molecule has 1 aliphatic heterocycles. The molecule has 31 heavy (non-hydrogen) atoms. The average molecular weight is 440 g/mol. The van der Waals surface area contributed by atoms with Crippen LogP contribution in [0, 0.1) is 5.82 Å². The number of hydrogen-bond donors (Lipinski definition) is 1. The number of benzene rings is 2. The lowest BCUT2D eigenvalue weighted by Crippen LogP contribution is -2.48. The summed E-state index contributed by atoms with van der Waals surface area (Å²) in [6.45, 7) is 2.66. The van der Waals surface area contributed by atoms with Crippen LogP contribution in [0.5, 0.6) is 0 Å². The van der Waals surface area contributed by atoms with E-state index < -0.39 is 0 Å². The Kier molecular flexibility index (Phi) is 6.51. The average Bonchev–Trinajstić information content (AvgIpc) is 3.28. The maximum Gasteiger partial charge on any atom is 0.286 e. The van der Waals surface area contributed by atoms with Gasteiger partial charge in [-0.15, -0.1) is 10.2 Å². The Labute approximate surface area is 183 Å². The molecule has 0 aliphatic carbocycles. The van der Waals surface area contributed by atoms with E-state index in [1.54, 1.807) is 24.3 Å². The monoisotopic (exact) mass is 439 g/mol. The first-order chi connectivity index (χ1) is 15.1. The van der Waals surface area contributed by atoms with Crippen LogP contribution in [0.15, 0.2) is 54.6 Å². The van der Waals surface area contributed by atoms with Crippen LogP contribution in [-0.2, 0) is 11.2 Å². The molecule has 2 aromatic carbocycles. The maximum absolute atomic E-state index is 13.1. The highest BCUT2D eigenvalue weighted by Crippen LogP contribution is 2.18. The third-order valence-electron chi connectivity index (χ3n) is 5.07. The Morgan fingerprint density at radius 1 is 0.968 bits per heavy atom. The minimum Gasteiger partial charge on any atom is -0.368 e. The lowest BCUT2D eigenvalue weighted by Gasteiger charge is -2.36. The molecule has 0 radical (unpaired) electrons. The van der Waals surface area contributed by atoms with E-state index in [9.17, 15) is 14.0 Å². The molecular weight excluding hydrogens is 417 g/mol. The van der Waals surface area contributed by atoms with Gasteiger partial charge in [-0.25, -0.2) is 4.39 Å². The molecule has 2 amide bonds. The van der Waals surface area contributed by atoms with Crippen LogP contribution in [0.2, 0.25) is 0 Å². The molecule has 1 aliphatic rings. The molecule has 1 aromatic heterocycles. The van der Waals surface area contributed by atoms with E-state index in [-0.39, 0.29) is 22.6 Å². The summed E-state index contributed by atoms with van der Waals surface area (Å²) in [5.41, 5.74) is 1.66. The molecule has 0 bridgehead atoms. The van der Waals surface area contributed by atoms with Crippen molar-refractivity contribution in [3.8, 4) is 0 Å². The molecule has 2 heterocycles. The molecule has 0 atom stereocenters. The third-order valence-corrected chi connectivity index (χ3v) is 6.05. The van der Waals surface area contributed by atoms with E-state index in [1.807, 2.05) is 23.1 Å². The van der Waals surface area contributed by atoms with E-state index in [0.717, 1.165) is 5.69 Å². The fourth-order valence-electron chi connectivity index (χ4n) is 3.39. The second-order valence-electron chi connectivity index (χ2n) is 7.17. The van der Waals surface area contributed by atoms with Crippen LogP contribution in [-0.4, -0.2) is 53.1 Å². The van der Waals surface area contributed by atoms with Crippen molar-refractivity contribution < 1.29 is 14.0 Å². The van der Waals surface area contributed by atoms with Crippen LogP contribution in [0.25, 0.3) is 0 Å². The van der Waals surface area contributed by atoms with Crippen molar-refractivity contribution in [2.75, 3.05) is 36.4 Å². The zero-order valence-corrected chi connectivity index (χ0v) is 17.6. The molecule has 1 saturated heterocycles. The Bertz CT molecular complexity index is 1030. The highest BCUT2D eigenvalue weighted by atomic mass is 32.1. The number of para-hydroxylation sites is 1. The number of piperazine rings is 1. The SMILES string of the molecule is O=C(Nc1ccccc1)c1nnc(CCC(=O)N2CCN(c3ccc(F)cc3)CC2)s1. The number of nitrogens with one attached hydrogen (secondary N) is 1. The fraction of sp³-hybridized carbons (Fsp3) is 0.273. The first-order valence-electron chi connectivity index (χ1n) is 10.1. The van der Waals surface area contributed by atoms with Crippen molar-refractivity contribution in [3.05, 3.63) is 70.4 Å². The summed E-state index contributed by atoms with van der Waals surface area (Å²) in [6.07, 6.45) is 0.777. The number of carbonyl (C=O) groups excluding carboxylic acids is 2. The Hall–Kier alpha value is -3.33. The van der Waals surface area contributed by atoms with Crippen molar-refractivity contribution in [3.63, 3.8) is 0 Å². The topological polar surface area (TPSA) is 78.4 Å². The van der Waals surface area contributed by atoms with Crippen LogP contribution >= 0.6 is 11.3 Å². The van der Waals surface area contributed by atoms with E-state index >= 15 is 0 Å². The van der Waals surface area contributed by atoms with Gasteiger partial charge in [0.25, 0.3) is 5.91 Å². The van der Waals surface area contributed by atoms with Crippen molar-refractivity contribution in [1.29, 1.82) is 0 Å². The smallest absolute Gasteiger partial charge is 0.286 e. The summed E-state index contributed by atoms with van der Waals surface area (Å²) in [5.74, 6) is -0.502. The highest BCUT2D eigenvalue weighted by Gasteiger charge is 2.22. The summed E-state index contributed by atoms with van der Waals surface area (Å²) in [6, 6.07) is 15.6. The van der Waals surface area contributed by atoms with E-state index in [1.165, 1.54) is 23.5 Å². The first-order valence-corrected chi connectivity index (χ1v) is 10.9. The third kappa shape index (κ3) is 5.43. The Morgan fingerprint density at radius 3 is 2.39 bits per heavy atom. The minimum absolute atomic E-state index is 0.0595. The van der Waals surface area contributed by atoms with Crippen molar-refractivity contribution in [2.24, 2.45) is 0 Å². The highest BCUT2D eigenvalue weighted by molar-refractivity contribution is 7.13. The number of nitrogens with zero attached hydrogens (tertiary/aromatic N) is 4. The van der Waals surface area contributed by atoms with Crippen molar-refractivity contribution >= 4 is 34.5 Å². The zero-order chi connectivity index (χ0) is 21.6. The van der Waals surface area contributed by atoms with E-state index in [0.29, 0.717) is 49.7 Å². The van der Waals surface area contributed by atoms with Crippen molar-refractivity contribution in [1.82, 2.24) is 15.1 Å². The number of carbonyl (C=O) groups is 2. The summed E-state index contributed by atoms with van der Waals surface area (Å²) in [4.78, 5) is 28.8. The van der Waals surface area contributed by atoms with Gasteiger partial charge in [-0.3, -0.25) is 9.59 Å². The molecule has 3 aromatic rings. The standard InChI is InChI=1S/C22H22FN5O2S/c23-16-6-8-18(9-7-16)27-12-14-28(15-13-27)20(29)11-10-19-25-26-22(31-19)21(30)24-17-4-2-1-3-5-17/h1-9H,10-15H2,(H,24,30). The molecule has 4 rings (SSSR count). The summed E-state index contributed by atoms with van der Waals surface area (Å²) >= 11 is 1.20. The predicted molar refractivity (Wildman–Crippen MR) is 118 cm³/mol.